The van der Waals surface area contributed by atoms with Crippen LogP contribution in [0.25, 0.3) is 11.0 Å². The first-order valence-electron chi connectivity index (χ1n) is 7.08. The molecule has 0 unspecified atom stereocenters. The van der Waals surface area contributed by atoms with Gasteiger partial charge in [-0.15, -0.1) is 0 Å². The number of rotatable bonds is 3. The van der Waals surface area contributed by atoms with Crippen LogP contribution in [0.2, 0.25) is 5.28 Å². The van der Waals surface area contributed by atoms with Crippen LogP contribution in [-0.4, -0.2) is 38.1 Å². The zero-order valence-electron chi connectivity index (χ0n) is 11.5. The molecule has 2 aromatic heterocycles. The first kappa shape index (κ1) is 14.3. The maximum absolute atomic E-state index is 12.1. The van der Waals surface area contributed by atoms with Gasteiger partial charge in [-0.3, -0.25) is 4.79 Å². The number of nitrogens with zero attached hydrogens (tertiary/aromatic N) is 2. The van der Waals surface area contributed by atoms with Crippen molar-refractivity contribution in [3.8, 4) is 0 Å². The van der Waals surface area contributed by atoms with Gasteiger partial charge in [0.1, 0.15) is 11.3 Å². The number of aromatic nitrogens is 3. The fourth-order valence-electron chi connectivity index (χ4n) is 2.74. The van der Waals surface area contributed by atoms with Gasteiger partial charge in [-0.25, -0.2) is 4.98 Å². The third-order valence-electron chi connectivity index (χ3n) is 3.95. The first-order chi connectivity index (χ1) is 10.1. The Morgan fingerprint density at radius 2 is 2.19 bits per heavy atom. The van der Waals surface area contributed by atoms with Gasteiger partial charge in [0, 0.05) is 18.1 Å². The van der Waals surface area contributed by atoms with Crippen molar-refractivity contribution in [3.63, 3.8) is 0 Å². The Hall–Kier alpha value is -1.66. The van der Waals surface area contributed by atoms with E-state index in [4.69, 9.17) is 11.6 Å². The molecule has 3 rings (SSSR count). The summed E-state index contributed by atoms with van der Waals surface area (Å²) in [5.41, 5.74) is 0.140. The molecule has 0 aromatic carbocycles. The number of carbonyl (C=O) groups is 1. The minimum Gasteiger partial charge on any atom is -0.388 e. The molecule has 0 atom stereocenters. The molecule has 7 heteroatoms. The van der Waals surface area contributed by atoms with E-state index in [-0.39, 0.29) is 17.7 Å². The van der Waals surface area contributed by atoms with Crippen molar-refractivity contribution < 1.29 is 9.90 Å². The lowest BCUT2D eigenvalue weighted by Gasteiger charge is -2.32. The highest BCUT2D eigenvalue weighted by molar-refractivity contribution is 6.28. The molecular formula is C14H17ClN4O2. The Morgan fingerprint density at radius 1 is 1.43 bits per heavy atom. The van der Waals surface area contributed by atoms with E-state index in [2.05, 4.69) is 20.3 Å². The Balaban J connectivity index is 1.69. The van der Waals surface area contributed by atoms with Crippen molar-refractivity contribution >= 4 is 28.5 Å². The zero-order valence-corrected chi connectivity index (χ0v) is 12.3. The third kappa shape index (κ3) is 3.16. The fourth-order valence-corrected chi connectivity index (χ4v) is 2.88. The average Bonchev–Trinajstić information content (AvgIpc) is 2.88. The molecule has 1 amide bonds. The first-order valence-corrected chi connectivity index (χ1v) is 7.45. The maximum atomic E-state index is 12.1. The smallest absolute Gasteiger partial charge is 0.267 e. The second-order valence-corrected chi connectivity index (χ2v) is 5.93. The van der Waals surface area contributed by atoms with E-state index in [9.17, 15) is 9.90 Å². The summed E-state index contributed by atoms with van der Waals surface area (Å²) in [5.74, 6) is -0.261. The number of amides is 1. The van der Waals surface area contributed by atoms with E-state index >= 15 is 0 Å². The molecule has 3 N–H and O–H groups in total. The van der Waals surface area contributed by atoms with Gasteiger partial charge in [-0.05, 0) is 30.5 Å². The molecule has 2 aromatic rings. The van der Waals surface area contributed by atoms with E-state index < -0.39 is 5.60 Å². The monoisotopic (exact) mass is 308 g/mol. The van der Waals surface area contributed by atoms with Gasteiger partial charge in [0.05, 0.1) is 5.60 Å². The molecule has 1 aliphatic carbocycles. The summed E-state index contributed by atoms with van der Waals surface area (Å²) in [4.78, 5) is 22.9. The van der Waals surface area contributed by atoms with Crippen LogP contribution >= 0.6 is 11.6 Å². The summed E-state index contributed by atoms with van der Waals surface area (Å²) in [6.45, 7) is 0.271. The van der Waals surface area contributed by atoms with Crippen LogP contribution in [0.1, 0.15) is 42.6 Å². The largest absolute Gasteiger partial charge is 0.388 e. The summed E-state index contributed by atoms with van der Waals surface area (Å²) in [6.07, 6.45) is 6.20. The van der Waals surface area contributed by atoms with Gasteiger partial charge in [0.25, 0.3) is 5.91 Å². The molecule has 6 nitrogen and oxygen atoms in total. The van der Waals surface area contributed by atoms with Gasteiger partial charge in [-0.1, -0.05) is 19.3 Å². The highest BCUT2D eigenvalue weighted by Gasteiger charge is 2.29. The van der Waals surface area contributed by atoms with E-state index in [0.29, 0.717) is 11.3 Å². The number of fused-ring (bicyclic) bond motifs is 1. The van der Waals surface area contributed by atoms with E-state index in [1.807, 2.05) is 0 Å². The molecule has 0 radical (unpaired) electrons. The van der Waals surface area contributed by atoms with Crippen molar-refractivity contribution in [1.29, 1.82) is 0 Å². The van der Waals surface area contributed by atoms with Gasteiger partial charge in [0.15, 0.2) is 0 Å². The SMILES string of the molecule is O=C(NCC1(O)CCCCC1)c1cc2cnc(Cl)nc2[nH]1. The lowest BCUT2D eigenvalue weighted by molar-refractivity contribution is 0.00522. The van der Waals surface area contributed by atoms with Crippen LogP contribution < -0.4 is 5.32 Å². The standard InChI is InChI=1S/C14H17ClN4O2/c15-13-16-7-9-6-10(18-11(9)19-13)12(20)17-8-14(21)4-2-1-3-5-14/h6-7,21H,1-5,8H2,(H,17,20)(H,16,18,19). The van der Waals surface area contributed by atoms with E-state index in [0.717, 1.165) is 37.5 Å². The van der Waals surface area contributed by atoms with Crippen molar-refractivity contribution in [1.82, 2.24) is 20.3 Å². The Labute approximate surface area is 126 Å². The normalized spacial score (nSPS) is 17.8. The lowest BCUT2D eigenvalue weighted by Crippen LogP contribution is -2.44. The number of carbonyl (C=O) groups excluding carboxylic acids is 1. The second-order valence-electron chi connectivity index (χ2n) is 5.59. The summed E-state index contributed by atoms with van der Waals surface area (Å²) in [7, 11) is 0. The number of hydrogen-bond donors (Lipinski definition) is 3. The molecular weight excluding hydrogens is 292 g/mol. The van der Waals surface area contributed by atoms with Crippen molar-refractivity contribution in [2.45, 2.75) is 37.7 Å². The van der Waals surface area contributed by atoms with Gasteiger partial charge < -0.3 is 15.4 Å². The maximum Gasteiger partial charge on any atom is 0.267 e. The molecule has 0 spiro atoms. The highest BCUT2D eigenvalue weighted by Crippen LogP contribution is 2.27. The zero-order chi connectivity index (χ0) is 14.9. The van der Waals surface area contributed by atoms with Crippen LogP contribution in [0.3, 0.4) is 0 Å². The van der Waals surface area contributed by atoms with Crippen molar-refractivity contribution in [2.75, 3.05) is 6.54 Å². The van der Waals surface area contributed by atoms with Crippen LogP contribution in [0.4, 0.5) is 0 Å². The lowest BCUT2D eigenvalue weighted by atomic mass is 9.85. The molecule has 1 aliphatic rings. The number of aliphatic hydroxyl groups is 1. The average molecular weight is 309 g/mol. The van der Waals surface area contributed by atoms with Crippen LogP contribution in [0, 0.1) is 0 Å². The molecule has 1 fully saturated rings. The van der Waals surface area contributed by atoms with Crippen molar-refractivity contribution in [2.24, 2.45) is 0 Å². The molecule has 21 heavy (non-hydrogen) atoms. The molecule has 0 bridgehead atoms. The minimum atomic E-state index is -0.775. The molecule has 1 saturated carbocycles. The highest BCUT2D eigenvalue weighted by atomic mass is 35.5. The fraction of sp³-hybridized carbons (Fsp3) is 0.500. The Bertz CT molecular complexity index is 664. The number of halogens is 1. The third-order valence-corrected chi connectivity index (χ3v) is 4.13. The van der Waals surface area contributed by atoms with Gasteiger partial charge in [0.2, 0.25) is 5.28 Å². The molecule has 2 heterocycles. The Kier molecular flexibility index (Phi) is 3.82. The van der Waals surface area contributed by atoms with Crippen LogP contribution in [-0.2, 0) is 0 Å². The summed E-state index contributed by atoms with van der Waals surface area (Å²) in [6, 6.07) is 1.67. The number of nitrogens with one attached hydrogen (secondary N) is 2. The van der Waals surface area contributed by atoms with Gasteiger partial charge in [-0.2, -0.15) is 4.98 Å². The Morgan fingerprint density at radius 3 is 2.95 bits per heavy atom. The number of hydrogen-bond acceptors (Lipinski definition) is 4. The predicted octanol–water partition coefficient (Wildman–Crippen LogP) is 2.04. The summed E-state index contributed by atoms with van der Waals surface area (Å²) in [5, 5.41) is 14.0. The molecule has 0 saturated heterocycles. The summed E-state index contributed by atoms with van der Waals surface area (Å²) < 4.78 is 0. The molecule has 112 valence electrons. The minimum absolute atomic E-state index is 0.132. The van der Waals surface area contributed by atoms with E-state index in [1.54, 1.807) is 12.3 Å². The van der Waals surface area contributed by atoms with Crippen LogP contribution in [0.15, 0.2) is 12.3 Å². The second kappa shape index (κ2) is 5.61. The summed E-state index contributed by atoms with van der Waals surface area (Å²) >= 11 is 5.71. The van der Waals surface area contributed by atoms with Crippen molar-refractivity contribution in [3.05, 3.63) is 23.2 Å². The predicted molar refractivity (Wildman–Crippen MR) is 79.3 cm³/mol. The van der Waals surface area contributed by atoms with Crippen LogP contribution in [0.5, 0.6) is 0 Å². The quantitative estimate of drug-likeness (QED) is 0.757. The molecule has 0 aliphatic heterocycles. The van der Waals surface area contributed by atoms with E-state index in [1.165, 1.54) is 0 Å². The number of aromatic amines is 1. The topological polar surface area (TPSA) is 90.9 Å². The van der Waals surface area contributed by atoms with Gasteiger partial charge >= 0.3 is 0 Å². The number of H-pyrrole nitrogens is 1.